The van der Waals surface area contributed by atoms with Gasteiger partial charge in [-0.1, -0.05) is 36.4 Å². The molecule has 1 heterocycles. The average molecular weight is 362 g/mol. The molecule has 0 saturated carbocycles. The zero-order valence-corrected chi connectivity index (χ0v) is 15.0. The van der Waals surface area contributed by atoms with Crippen LogP contribution in [0.5, 0.6) is 0 Å². The molecule has 26 heavy (non-hydrogen) atoms. The largest absolute Gasteiger partial charge is 0.399 e. The van der Waals surface area contributed by atoms with Gasteiger partial charge in [0.2, 0.25) is 0 Å². The van der Waals surface area contributed by atoms with Crippen LogP contribution >= 0.6 is 11.3 Å². The van der Waals surface area contributed by atoms with Gasteiger partial charge in [0.1, 0.15) is 0 Å². The lowest BCUT2D eigenvalue weighted by atomic mass is 9.92. The third-order valence-corrected chi connectivity index (χ3v) is 5.63. The lowest BCUT2D eigenvalue weighted by molar-refractivity contribution is 0.0913. The summed E-state index contributed by atoms with van der Waals surface area (Å²) in [4.78, 5) is 29.9. The fourth-order valence-electron chi connectivity index (χ4n) is 3.33. The number of aromatic nitrogens is 1. The number of Topliss-reactive ketones (excluding diaryl/α,β-unsaturated/α-hetero) is 2. The van der Waals surface area contributed by atoms with Crippen LogP contribution in [0.15, 0.2) is 53.9 Å². The predicted molar refractivity (Wildman–Crippen MR) is 103 cm³/mol. The van der Waals surface area contributed by atoms with Gasteiger partial charge >= 0.3 is 0 Å². The van der Waals surface area contributed by atoms with E-state index in [2.05, 4.69) is 4.98 Å². The second kappa shape index (κ2) is 6.84. The lowest BCUT2D eigenvalue weighted by Crippen LogP contribution is -2.16. The Balaban J connectivity index is 1.57. The van der Waals surface area contributed by atoms with Crippen molar-refractivity contribution in [3.63, 3.8) is 0 Å². The van der Waals surface area contributed by atoms with Crippen LogP contribution in [0.3, 0.4) is 0 Å². The average Bonchev–Trinajstić information content (AvgIpc) is 3.09. The number of rotatable bonds is 3. The molecule has 1 aromatic heterocycles. The Morgan fingerprint density at radius 2 is 1.77 bits per heavy atom. The van der Waals surface area contributed by atoms with Crippen molar-refractivity contribution in [1.82, 2.24) is 4.98 Å². The van der Waals surface area contributed by atoms with Crippen LogP contribution in [-0.2, 0) is 6.42 Å². The van der Waals surface area contributed by atoms with E-state index >= 15 is 0 Å². The number of benzene rings is 2. The highest BCUT2D eigenvalue weighted by Crippen LogP contribution is 2.29. The van der Waals surface area contributed by atoms with E-state index < -0.39 is 0 Å². The van der Waals surface area contributed by atoms with Crippen molar-refractivity contribution in [1.29, 1.82) is 0 Å². The highest BCUT2D eigenvalue weighted by atomic mass is 32.1. The minimum absolute atomic E-state index is 0.0516. The number of carbonyl (C=O) groups excluding carboxylic acids is 2. The van der Waals surface area contributed by atoms with E-state index in [9.17, 15) is 9.59 Å². The molecule has 0 saturated heterocycles. The first-order chi connectivity index (χ1) is 12.6. The number of nitrogens with two attached hydrogens (primary N) is 1. The van der Waals surface area contributed by atoms with Crippen LogP contribution in [0.4, 0.5) is 5.69 Å². The van der Waals surface area contributed by atoms with Crippen molar-refractivity contribution in [2.45, 2.75) is 19.3 Å². The first-order valence-electron chi connectivity index (χ1n) is 8.58. The molecule has 0 fully saturated rings. The predicted octanol–water partition coefficient (Wildman–Crippen LogP) is 4.41. The topological polar surface area (TPSA) is 73.1 Å². The van der Waals surface area contributed by atoms with Gasteiger partial charge in [0, 0.05) is 46.5 Å². The molecule has 0 aliphatic heterocycles. The second-order valence-corrected chi connectivity index (χ2v) is 7.46. The summed E-state index contributed by atoms with van der Waals surface area (Å²) in [5.74, 6) is -0.0955. The molecule has 0 radical (unpaired) electrons. The van der Waals surface area contributed by atoms with E-state index in [4.69, 9.17) is 5.73 Å². The Hall–Kier alpha value is -2.79. The molecule has 0 bridgehead atoms. The summed E-state index contributed by atoms with van der Waals surface area (Å²) in [5, 5.41) is 2.92. The number of nitrogens with zero attached hydrogens (tertiary/aromatic N) is 1. The molecule has 1 aliphatic rings. The minimum Gasteiger partial charge on any atom is -0.399 e. The Kier molecular flexibility index (Phi) is 4.39. The van der Waals surface area contributed by atoms with Gasteiger partial charge in [-0.3, -0.25) is 9.59 Å². The Morgan fingerprint density at radius 3 is 2.54 bits per heavy atom. The van der Waals surface area contributed by atoms with Crippen molar-refractivity contribution >= 4 is 28.6 Å². The maximum Gasteiger partial charge on any atom is 0.167 e. The quantitative estimate of drug-likeness (QED) is 0.553. The smallest absolute Gasteiger partial charge is 0.167 e. The SMILES string of the molecule is Nc1ccc(-c2csc(CC3CCC(=O)c4ccccc4C3=O)n2)cc1. The van der Waals surface area contributed by atoms with Gasteiger partial charge in [-0.05, 0) is 18.6 Å². The molecule has 130 valence electrons. The Labute approximate surface area is 155 Å². The van der Waals surface area contributed by atoms with Crippen molar-refractivity contribution in [3.8, 4) is 11.3 Å². The summed E-state index contributed by atoms with van der Waals surface area (Å²) in [6, 6.07) is 14.7. The summed E-state index contributed by atoms with van der Waals surface area (Å²) in [7, 11) is 0. The van der Waals surface area contributed by atoms with Crippen LogP contribution in [-0.4, -0.2) is 16.6 Å². The normalized spacial score (nSPS) is 17.0. The van der Waals surface area contributed by atoms with Gasteiger partial charge < -0.3 is 5.73 Å². The molecule has 0 amide bonds. The summed E-state index contributed by atoms with van der Waals surface area (Å²) < 4.78 is 0. The first kappa shape index (κ1) is 16.7. The molecule has 2 N–H and O–H groups in total. The first-order valence-corrected chi connectivity index (χ1v) is 9.46. The van der Waals surface area contributed by atoms with Crippen molar-refractivity contribution in [2.75, 3.05) is 5.73 Å². The van der Waals surface area contributed by atoms with Crippen LogP contribution in [0.1, 0.15) is 38.6 Å². The minimum atomic E-state index is -0.201. The van der Waals surface area contributed by atoms with Crippen molar-refractivity contribution < 1.29 is 9.59 Å². The summed E-state index contributed by atoms with van der Waals surface area (Å²) in [5.41, 5.74) is 9.46. The maximum absolute atomic E-state index is 12.9. The zero-order valence-electron chi connectivity index (χ0n) is 14.1. The molecule has 4 rings (SSSR count). The summed E-state index contributed by atoms with van der Waals surface area (Å²) in [6.45, 7) is 0. The molecule has 4 nitrogen and oxygen atoms in total. The van der Waals surface area contributed by atoms with Gasteiger partial charge in [0.15, 0.2) is 11.6 Å². The molecular weight excluding hydrogens is 344 g/mol. The molecule has 1 unspecified atom stereocenters. The van der Waals surface area contributed by atoms with E-state index in [1.165, 1.54) is 0 Å². The summed E-state index contributed by atoms with van der Waals surface area (Å²) >= 11 is 1.55. The van der Waals surface area contributed by atoms with E-state index in [-0.39, 0.29) is 17.5 Å². The number of hydrogen-bond donors (Lipinski definition) is 1. The summed E-state index contributed by atoms with van der Waals surface area (Å²) in [6.07, 6.45) is 1.55. The standard InChI is InChI=1S/C21H18N2O2S/c22-15-8-5-13(6-9-15)18-12-26-20(23-18)11-14-7-10-19(24)16-3-1-2-4-17(16)21(14)25/h1-6,8-9,12,14H,7,10-11,22H2. The highest BCUT2D eigenvalue weighted by molar-refractivity contribution is 7.10. The number of fused-ring (bicyclic) bond motifs is 1. The number of anilines is 1. The number of thiazole rings is 1. The zero-order chi connectivity index (χ0) is 18.1. The van der Waals surface area contributed by atoms with Gasteiger partial charge in [-0.2, -0.15) is 0 Å². The fraction of sp³-hybridized carbons (Fsp3) is 0.190. The number of nitrogen functional groups attached to an aromatic ring is 1. The van der Waals surface area contributed by atoms with Crippen LogP contribution in [0.25, 0.3) is 11.3 Å². The molecule has 1 atom stereocenters. The molecular formula is C21H18N2O2S. The third kappa shape index (κ3) is 3.18. The van der Waals surface area contributed by atoms with Gasteiger partial charge in [-0.25, -0.2) is 4.98 Å². The van der Waals surface area contributed by atoms with E-state index in [0.29, 0.717) is 30.4 Å². The van der Waals surface area contributed by atoms with Gasteiger partial charge in [0.25, 0.3) is 0 Å². The molecule has 2 aromatic carbocycles. The van der Waals surface area contributed by atoms with Crippen molar-refractivity contribution in [3.05, 3.63) is 70.0 Å². The van der Waals surface area contributed by atoms with Gasteiger partial charge in [0.05, 0.1) is 10.7 Å². The van der Waals surface area contributed by atoms with Crippen molar-refractivity contribution in [2.24, 2.45) is 5.92 Å². The molecule has 1 aliphatic carbocycles. The van der Waals surface area contributed by atoms with Crippen LogP contribution in [0, 0.1) is 5.92 Å². The maximum atomic E-state index is 12.9. The van der Waals surface area contributed by atoms with Gasteiger partial charge in [-0.15, -0.1) is 11.3 Å². The molecule has 0 spiro atoms. The molecule has 5 heteroatoms. The fourth-order valence-corrected chi connectivity index (χ4v) is 4.21. The molecule has 3 aromatic rings. The van der Waals surface area contributed by atoms with Crippen LogP contribution < -0.4 is 5.73 Å². The van der Waals surface area contributed by atoms with E-state index in [1.54, 1.807) is 23.5 Å². The number of hydrogen-bond acceptors (Lipinski definition) is 5. The number of carbonyl (C=O) groups is 2. The van der Waals surface area contributed by atoms with E-state index in [1.807, 2.05) is 41.8 Å². The number of ketones is 2. The van der Waals surface area contributed by atoms with E-state index in [0.717, 1.165) is 22.0 Å². The Bertz CT molecular complexity index is 976. The lowest BCUT2D eigenvalue weighted by Gasteiger charge is -2.11. The third-order valence-electron chi connectivity index (χ3n) is 4.76. The monoisotopic (exact) mass is 362 g/mol. The van der Waals surface area contributed by atoms with Crippen LogP contribution in [0.2, 0.25) is 0 Å². The highest BCUT2D eigenvalue weighted by Gasteiger charge is 2.29. The second-order valence-electron chi connectivity index (χ2n) is 6.52. The Morgan fingerprint density at radius 1 is 1.04 bits per heavy atom.